The van der Waals surface area contributed by atoms with Crippen molar-refractivity contribution >= 4 is 52.3 Å². The van der Waals surface area contributed by atoms with Gasteiger partial charge in [-0.2, -0.15) is 0 Å². The second-order valence-electron chi connectivity index (χ2n) is 10.3. The molecule has 0 fully saturated rings. The lowest BCUT2D eigenvalue weighted by molar-refractivity contribution is -0.138. The molecule has 0 saturated carbocycles. The van der Waals surface area contributed by atoms with E-state index in [1.807, 2.05) is 72.8 Å². The fraction of sp³-hybridized carbons (Fsp3) is 0.139. The smallest absolute Gasteiger partial charge is 0.338 e. The summed E-state index contributed by atoms with van der Waals surface area (Å²) < 4.78 is 19.2. The van der Waals surface area contributed by atoms with Crippen LogP contribution in [0.2, 0.25) is 10.0 Å². The summed E-state index contributed by atoms with van der Waals surface area (Å²) in [5.41, 5.74) is 3.54. The van der Waals surface area contributed by atoms with Gasteiger partial charge in [0, 0.05) is 21.2 Å². The summed E-state index contributed by atoms with van der Waals surface area (Å²) >= 11 is 13.6. The highest BCUT2D eigenvalue weighted by Gasteiger charge is 2.35. The number of rotatable bonds is 9. The number of ether oxygens (including phenoxy) is 3. The molecule has 0 saturated heterocycles. The Bertz CT molecular complexity index is 2130. The van der Waals surface area contributed by atoms with Crippen molar-refractivity contribution in [3.63, 3.8) is 0 Å². The van der Waals surface area contributed by atoms with Crippen LogP contribution in [-0.4, -0.2) is 24.3 Å². The van der Waals surface area contributed by atoms with Gasteiger partial charge in [-0.1, -0.05) is 107 Å². The van der Waals surface area contributed by atoms with Gasteiger partial charge in [-0.3, -0.25) is 9.36 Å². The van der Waals surface area contributed by atoms with Crippen molar-refractivity contribution in [2.24, 2.45) is 4.99 Å². The maximum Gasteiger partial charge on any atom is 0.338 e. The number of nitrogens with zero attached hydrogens (tertiary/aromatic N) is 2. The molecule has 0 spiro atoms. The van der Waals surface area contributed by atoms with Gasteiger partial charge in [0.2, 0.25) is 0 Å². The first-order valence-electron chi connectivity index (χ1n) is 14.5. The third kappa shape index (κ3) is 6.37. The Morgan fingerprint density at radius 1 is 0.957 bits per heavy atom. The van der Waals surface area contributed by atoms with Crippen LogP contribution in [0.3, 0.4) is 0 Å². The molecule has 46 heavy (non-hydrogen) atoms. The lowest BCUT2D eigenvalue weighted by Gasteiger charge is -2.25. The summed E-state index contributed by atoms with van der Waals surface area (Å²) in [6, 6.07) is 28.8. The van der Waals surface area contributed by atoms with E-state index >= 15 is 0 Å². The molecule has 1 atom stereocenters. The monoisotopic (exact) mass is 670 g/mol. The van der Waals surface area contributed by atoms with Crippen LogP contribution < -0.4 is 24.4 Å². The zero-order valence-corrected chi connectivity index (χ0v) is 27.2. The molecule has 0 bridgehead atoms. The number of aromatic nitrogens is 1. The molecule has 0 unspecified atom stereocenters. The molecule has 0 radical (unpaired) electrons. The standard InChI is InChI=1S/C36H28Cl2N2O5S/c1-3-44-35(42)31-32(23-10-6-4-7-11-23)39-36-40(33(31)24-12-8-5-9-13-24)34(41)30(46-36)19-22-14-17-28(29(18-22)43-2)45-21-25-15-16-26(37)20-27(25)38/h4-20,33H,3,21H2,1-2H3/b30-19-/t33-/m0/s1. The van der Waals surface area contributed by atoms with Crippen LogP contribution in [0, 0.1) is 0 Å². The molecule has 4 aromatic carbocycles. The highest BCUT2D eigenvalue weighted by molar-refractivity contribution is 7.07. The van der Waals surface area contributed by atoms with Gasteiger partial charge >= 0.3 is 5.97 Å². The number of thiazole rings is 1. The van der Waals surface area contributed by atoms with E-state index in [0.717, 1.165) is 22.3 Å². The largest absolute Gasteiger partial charge is 0.493 e. The third-order valence-electron chi connectivity index (χ3n) is 7.37. The fourth-order valence-corrected chi connectivity index (χ4v) is 6.69. The number of benzene rings is 4. The van der Waals surface area contributed by atoms with Crippen LogP contribution >= 0.6 is 34.5 Å². The fourth-order valence-electron chi connectivity index (χ4n) is 5.23. The average molecular weight is 672 g/mol. The maximum absolute atomic E-state index is 14.1. The first kappa shape index (κ1) is 31.4. The van der Waals surface area contributed by atoms with Crippen molar-refractivity contribution in [2.75, 3.05) is 13.7 Å². The zero-order chi connectivity index (χ0) is 32.2. The van der Waals surface area contributed by atoms with Crippen molar-refractivity contribution in [2.45, 2.75) is 19.6 Å². The quantitative estimate of drug-likeness (QED) is 0.161. The van der Waals surface area contributed by atoms with Crippen molar-refractivity contribution in [3.05, 3.63) is 155 Å². The van der Waals surface area contributed by atoms with Gasteiger partial charge < -0.3 is 14.2 Å². The van der Waals surface area contributed by atoms with E-state index in [2.05, 4.69) is 0 Å². The first-order valence-corrected chi connectivity index (χ1v) is 16.0. The summed E-state index contributed by atoms with van der Waals surface area (Å²) in [5.74, 6) is 0.487. The number of halogens is 2. The van der Waals surface area contributed by atoms with E-state index in [4.69, 9.17) is 42.4 Å². The number of carbonyl (C=O) groups excluding carboxylic acids is 1. The molecular formula is C36H28Cl2N2O5S. The minimum atomic E-state index is -0.737. The summed E-state index contributed by atoms with van der Waals surface area (Å²) in [7, 11) is 1.55. The van der Waals surface area contributed by atoms with Gasteiger partial charge in [-0.25, -0.2) is 9.79 Å². The molecule has 0 aliphatic carbocycles. The Hall–Kier alpha value is -4.63. The van der Waals surface area contributed by atoms with Crippen LogP contribution in [0.5, 0.6) is 11.5 Å². The molecule has 1 aliphatic rings. The molecular weight excluding hydrogens is 643 g/mol. The van der Waals surface area contributed by atoms with Gasteiger partial charge in [-0.15, -0.1) is 0 Å². The topological polar surface area (TPSA) is 79.1 Å². The van der Waals surface area contributed by atoms with Gasteiger partial charge in [0.05, 0.1) is 35.6 Å². The number of fused-ring (bicyclic) bond motifs is 1. The van der Waals surface area contributed by atoms with E-state index in [-0.39, 0.29) is 18.8 Å². The van der Waals surface area contributed by atoms with Gasteiger partial charge in [0.15, 0.2) is 16.3 Å². The van der Waals surface area contributed by atoms with Crippen LogP contribution in [0.15, 0.2) is 112 Å². The van der Waals surface area contributed by atoms with Crippen LogP contribution in [0.4, 0.5) is 0 Å². The molecule has 0 amide bonds. The van der Waals surface area contributed by atoms with Crippen LogP contribution in [0.25, 0.3) is 11.8 Å². The van der Waals surface area contributed by atoms with Crippen LogP contribution in [0.1, 0.15) is 35.2 Å². The molecule has 2 heterocycles. The summed E-state index contributed by atoms with van der Waals surface area (Å²) in [5, 5.41) is 1.05. The van der Waals surface area contributed by atoms with E-state index < -0.39 is 12.0 Å². The predicted octanol–water partition coefficient (Wildman–Crippen LogP) is 6.83. The molecule has 232 valence electrons. The Labute approximate surface area is 279 Å². The highest BCUT2D eigenvalue weighted by atomic mass is 35.5. The molecule has 0 N–H and O–H groups in total. The molecule has 6 rings (SSSR count). The molecule has 1 aromatic heterocycles. The molecule has 10 heteroatoms. The number of methoxy groups -OCH3 is 1. The lowest BCUT2D eigenvalue weighted by atomic mass is 9.93. The predicted molar refractivity (Wildman–Crippen MR) is 181 cm³/mol. The number of esters is 1. The lowest BCUT2D eigenvalue weighted by Crippen LogP contribution is -2.39. The summed E-state index contributed by atoms with van der Waals surface area (Å²) in [6.45, 7) is 2.16. The Kier molecular flexibility index (Phi) is 9.40. The van der Waals surface area contributed by atoms with Crippen molar-refractivity contribution in [1.29, 1.82) is 0 Å². The Morgan fingerprint density at radius 3 is 2.39 bits per heavy atom. The minimum Gasteiger partial charge on any atom is -0.493 e. The van der Waals surface area contributed by atoms with Gasteiger partial charge in [0.25, 0.3) is 5.56 Å². The first-order chi connectivity index (χ1) is 22.4. The van der Waals surface area contributed by atoms with E-state index in [0.29, 0.717) is 42.1 Å². The molecule has 1 aliphatic heterocycles. The normalized spacial score (nSPS) is 14.4. The average Bonchev–Trinajstić information content (AvgIpc) is 3.38. The SMILES string of the molecule is CCOC(=O)C1=C(c2ccccc2)N=c2s/c(=C\c3ccc(OCc4ccc(Cl)cc4Cl)c(OC)c3)c(=O)n2[C@H]1c1ccccc1. The number of carbonyl (C=O) groups is 1. The summed E-state index contributed by atoms with van der Waals surface area (Å²) in [6.07, 6.45) is 1.78. The van der Waals surface area contributed by atoms with Gasteiger partial charge in [0.1, 0.15) is 6.61 Å². The van der Waals surface area contributed by atoms with Crippen molar-refractivity contribution < 1.29 is 19.0 Å². The summed E-state index contributed by atoms with van der Waals surface area (Å²) in [4.78, 5) is 33.1. The zero-order valence-electron chi connectivity index (χ0n) is 24.9. The second kappa shape index (κ2) is 13.8. The Morgan fingerprint density at radius 2 is 1.70 bits per heavy atom. The minimum absolute atomic E-state index is 0.185. The molecule has 5 aromatic rings. The third-order valence-corrected chi connectivity index (χ3v) is 8.94. The van der Waals surface area contributed by atoms with E-state index in [9.17, 15) is 9.59 Å². The highest BCUT2D eigenvalue weighted by Crippen LogP contribution is 2.35. The second-order valence-corrected chi connectivity index (χ2v) is 12.1. The van der Waals surface area contributed by atoms with E-state index in [1.165, 1.54) is 11.3 Å². The van der Waals surface area contributed by atoms with E-state index in [1.54, 1.807) is 48.9 Å². The molecule has 7 nitrogen and oxygen atoms in total. The van der Waals surface area contributed by atoms with Gasteiger partial charge in [-0.05, 0) is 48.4 Å². The Balaban J connectivity index is 1.45. The van der Waals surface area contributed by atoms with Crippen molar-refractivity contribution in [1.82, 2.24) is 4.57 Å². The maximum atomic E-state index is 14.1. The van der Waals surface area contributed by atoms with Crippen molar-refractivity contribution in [3.8, 4) is 11.5 Å². The number of hydrogen-bond donors (Lipinski definition) is 0. The van der Waals surface area contributed by atoms with Crippen LogP contribution in [-0.2, 0) is 16.1 Å². The number of hydrogen-bond acceptors (Lipinski definition) is 7.